The largest absolute Gasteiger partial charge is 0.402 e. The van der Waals surface area contributed by atoms with Crippen molar-refractivity contribution in [2.75, 3.05) is 0 Å². The van der Waals surface area contributed by atoms with E-state index in [1.807, 2.05) is 41.5 Å². The van der Waals surface area contributed by atoms with E-state index in [0.717, 1.165) is 11.3 Å². The van der Waals surface area contributed by atoms with Crippen molar-refractivity contribution in [1.29, 1.82) is 0 Å². The van der Waals surface area contributed by atoms with Crippen LogP contribution >= 0.6 is 0 Å². The number of hydrogen-bond donors (Lipinski definition) is 1. The Bertz CT molecular complexity index is 154. The second kappa shape index (κ2) is 29.3. The second-order valence-electron chi connectivity index (χ2n) is 2.04. The lowest BCUT2D eigenvalue weighted by atomic mass is 10.2. The predicted octanol–water partition coefficient (Wildman–Crippen LogP) is 4.84. The summed E-state index contributed by atoms with van der Waals surface area (Å²) in [5, 5.41) is 0. The first kappa shape index (κ1) is 23.5. The summed E-state index contributed by atoms with van der Waals surface area (Å²) in [5.74, 6) is 0. The number of hydrogen-bond acceptors (Lipinski definition) is 1. The summed E-state index contributed by atoms with van der Waals surface area (Å²) in [7, 11) is 0. The normalized spacial score (nSPS) is 8.13. The van der Waals surface area contributed by atoms with Crippen LogP contribution in [0, 0.1) is 0 Å². The molecule has 0 radical (unpaired) electrons. The molecule has 1 heteroatoms. The highest BCUT2D eigenvalue weighted by atomic mass is 14.5. The van der Waals surface area contributed by atoms with Gasteiger partial charge in [0.15, 0.2) is 0 Å². The molecule has 0 aromatic heterocycles. The summed E-state index contributed by atoms with van der Waals surface area (Å²) in [6.45, 7) is 22.1. The second-order valence-corrected chi connectivity index (χ2v) is 2.04. The summed E-state index contributed by atoms with van der Waals surface area (Å²) in [4.78, 5) is 0. The minimum atomic E-state index is 0.843. The van der Waals surface area contributed by atoms with Gasteiger partial charge < -0.3 is 5.73 Å². The fourth-order valence-electron chi connectivity index (χ4n) is 0.161. The number of nitrogens with two attached hydrogens (primary N) is 1. The molecule has 0 spiro atoms. The van der Waals surface area contributed by atoms with Crippen LogP contribution in [0.25, 0.3) is 0 Å². The average molecular weight is 211 g/mol. The maximum Gasteiger partial charge on any atom is 0.00783 e. The fraction of sp³-hybridized carbons (Fsp3) is 0.429. The van der Waals surface area contributed by atoms with Crippen LogP contribution in [0.3, 0.4) is 0 Å². The molecule has 0 aromatic rings. The van der Waals surface area contributed by atoms with Crippen LogP contribution in [-0.2, 0) is 0 Å². The van der Waals surface area contributed by atoms with Crippen molar-refractivity contribution in [1.82, 2.24) is 0 Å². The van der Waals surface area contributed by atoms with Crippen molar-refractivity contribution < 1.29 is 0 Å². The van der Waals surface area contributed by atoms with Crippen LogP contribution < -0.4 is 5.73 Å². The molecule has 0 saturated carbocycles. The molecule has 0 atom stereocenters. The van der Waals surface area contributed by atoms with E-state index in [1.165, 1.54) is 0 Å². The molecule has 2 N–H and O–H groups in total. The summed E-state index contributed by atoms with van der Waals surface area (Å²) >= 11 is 0. The zero-order chi connectivity index (χ0) is 13.3. The Morgan fingerprint density at radius 1 is 0.867 bits per heavy atom. The van der Waals surface area contributed by atoms with Gasteiger partial charge in [-0.3, -0.25) is 0 Å². The van der Waals surface area contributed by atoms with E-state index >= 15 is 0 Å². The predicted molar refractivity (Wildman–Crippen MR) is 75.8 cm³/mol. The highest BCUT2D eigenvalue weighted by molar-refractivity contribution is 5.17. The van der Waals surface area contributed by atoms with Gasteiger partial charge in [-0.15, -0.1) is 0 Å². The molecule has 90 valence electrons. The van der Waals surface area contributed by atoms with E-state index in [1.54, 1.807) is 18.2 Å². The Morgan fingerprint density at radius 3 is 1.13 bits per heavy atom. The smallest absolute Gasteiger partial charge is 0.00783 e. The van der Waals surface area contributed by atoms with Gasteiger partial charge in [0.25, 0.3) is 0 Å². The van der Waals surface area contributed by atoms with Gasteiger partial charge in [0.05, 0.1) is 0 Å². The lowest BCUT2D eigenvalue weighted by molar-refractivity contribution is 1.24. The molecular weight excluding hydrogens is 182 g/mol. The summed E-state index contributed by atoms with van der Waals surface area (Å²) < 4.78 is 0. The SMILES string of the molecule is C=C/C(C)=C(\C)N.C=CC=C.CC.CC. The van der Waals surface area contributed by atoms with E-state index < -0.39 is 0 Å². The number of rotatable bonds is 2. The van der Waals surface area contributed by atoms with Crippen molar-refractivity contribution in [2.45, 2.75) is 41.5 Å². The van der Waals surface area contributed by atoms with Crippen molar-refractivity contribution in [2.24, 2.45) is 5.73 Å². The van der Waals surface area contributed by atoms with Crippen molar-refractivity contribution in [3.63, 3.8) is 0 Å². The molecule has 0 aliphatic carbocycles. The van der Waals surface area contributed by atoms with Crippen molar-refractivity contribution in [3.05, 3.63) is 49.2 Å². The monoisotopic (exact) mass is 211 g/mol. The van der Waals surface area contributed by atoms with Gasteiger partial charge in [0.1, 0.15) is 0 Å². The van der Waals surface area contributed by atoms with Gasteiger partial charge in [-0.25, -0.2) is 0 Å². The van der Waals surface area contributed by atoms with E-state index in [2.05, 4.69) is 19.7 Å². The number of allylic oxidation sites excluding steroid dienone is 5. The third kappa shape index (κ3) is 44.5. The molecule has 15 heavy (non-hydrogen) atoms. The van der Waals surface area contributed by atoms with E-state index in [9.17, 15) is 0 Å². The first-order valence-corrected chi connectivity index (χ1v) is 5.39. The molecular formula is C14H29N. The first-order valence-electron chi connectivity index (χ1n) is 5.39. The molecule has 0 unspecified atom stereocenters. The summed E-state index contributed by atoms with van der Waals surface area (Å²) in [6, 6.07) is 0. The van der Waals surface area contributed by atoms with Crippen LogP contribution in [0.15, 0.2) is 49.2 Å². The Labute approximate surface area is 97.1 Å². The van der Waals surface area contributed by atoms with Crippen LogP contribution in [-0.4, -0.2) is 0 Å². The van der Waals surface area contributed by atoms with Crippen LogP contribution in [0.2, 0.25) is 0 Å². The van der Waals surface area contributed by atoms with E-state index in [4.69, 9.17) is 5.73 Å². The lowest BCUT2D eigenvalue weighted by Crippen LogP contribution is -1.92. The van der Waals surface area contributed by atoms with Gasteiger partial charge in [-0.05, 0) is 19.4 Å². The Balaban J connectivity index is -0.0000000647. The summed E-state index contributed by atoms with van der Waals surface area (Å²) in [6.07, 6.45) is 5.02. The van der Waals surface area contributed by atoms with Crippen LogP contribution in [0.4, 0.5) is 0 Å². The highest BCUT2D eigenvalue weighted by Gasteiger charge is 1.79. The molecule has 0 aliphatic rings. The molecule has 0 bridgehead atoms. The maximum absolute atomic E-state index is 5.35. The van der Waals surface area contributed by atoms with Gasteiger partial charge >= 0.3 is 0 Å². The standard InChI is InChI=1S/C6H11N.C4H6.2C2H6/c1-4-5(2)6(3)7;1-3-4-2;2*1-2/h4H,1,7H2,2-3H3;3-4H,1-2H2;2*1-2H3/b6-5+;;;. The summed E-state index contributed by atoms with van der Waals surface area (Å²) in [5.41, 5.74) is 7.25. The molecule has 0 aromatic carbocycles. The Kier molecular flexibility index (Phi) is 45.9. The van der Waals surface area contributed by atoms with Gasteiger partial charge in [-0.1, -0.05) is 65.7 Å². The zero-order valence-corrected chi connectivity index (χ0v) is 11.4. The minimum Gasteiger partial charge on any atom is -0.402 e. The molecule has 0 heterocycles. The molecule has 0 saturated heterocycles. The maximum atomic E-state index is 5.35. The van der Waals surface area contributed by atoms with Crippen molar-refractivity contribution >= 4 is 0 Å². The first-order chi connectivity index (χ1) is 7.09. The van der Waals surface area contributed by atoms with Gasteiger partial charge in [-0.2, -0.15) is 0 Å². The van der Waals surface area contributed by atoms with E-state index in [-0.39, 0.29) is 0 Å². The topological polar surface area (TPSA) is 26.0 Å². The lowest BCUT2D eigenvalue weighted by Gasteiger charge is -1.90. The molecule has 0 amide bonds. The van der Waals surface area contributed by atoms with Gasteiger partial charge in [0.2, 0.25) is 0 Å². The zero-order valence-electron chi connectivity index (χ0n) is 11.4. The quantitative estimate of drug-likeness (QED) is 0.650. The molecule has 0 aliphatic heterocycles. The third-order valence-corrected chi connectivity index (χ3v) is 1.09. The van der Waals surface area contributed by atoms with Crippen LogP contribution in [0.1, 0.15) is 41.5 Å². The van der Waals surface area contributed by atoms with Crippen molar-refractivity contribution in [3.8, 4) is 0 Å². The fourth-order valence-corrected chi connectivity index (χ4v) is 0.161. The Hall–Kier alpha value is -1.24. The molecule has 0 rings (SSSR count). The van der Waals surface area contributed by atoms with E-state index in [0.29, 0.717) is 0 Å². The minimum absolute atomic E-state index is 0.843. The third-order valence-electron chi connectivity index (χ3n) is 1.09. The van der Waals surface area contributed by atoms with Gasteiger partial charge in [0, 0.05) is 5.70 Å². The Morgan fingerprint density at radius 2 is 1.13 bits per heavy atom. The highest BCUT2D eigenvalue weighted by Crippen LogP contribution is 1.94. The average Bonchev–Trinajstić information content (AvgIpc) is 2.33. The molecule has 1 nitrogen and oxygen atoms in total. The molecule has 0 fully saturated rings. The van der Waals surface area contributed by atoms with Crippen LogP contribution in [0.5, 0.6) is 0 Å².